The number of primary amides is 1. The number of likely N-dealkylation sites (tertiary alicyclic amines) is 1. The van der Waals surface area contributed by atoms with Gasteiger partial charge in [-0.15, -0.1) is 11.3 Å². The molecule has 5 nitrogen and oxygen atoms in total. The van der Waals surface area contributed by atoms with Crippen LogP contribution in [0.1, 0.15) is 41.8 Å². The molecule has 0 unspecified atom stereocenters. The molecule has 6 heteroatoms. The fourth-order valence-corrected chi connectivity index (χ4v) is 4.12. The molecule has 24 heavy (non-hydrogen) atoms. The van der Waals surface area contributed by atoms with E-state index in [0.717, 1.165) is 24.9 Å². The van der Waals surface area contributed by atoms with E-state index in [2.05, 4.69) is 11.4 Å². The van der Waals surface area contributed by atoms with Crippen LogP contribution in [0.2, 0.25) is 0 Å². The van der Waals surface area contributed by atoms with Crippen molar-refractivity contribution in [2.75, 3.05) is 6.54 Å². The zero-order chi connectivity index (χ0) is 16.9. The van der Waals surface area contributed by atoms with Crippen molar-refractivity contribution in [2.45, 2.75) is 31.3 Å². The Hall–Kier alpha value is -2.34. The van der Waals surface area contributed by atoms with E-state index in [1.54, 1.807) is 11.3 Å². The van der Waals surface area contributed by atoms with Gasteiger partial charge in [0.15, 0.2) is 0 Å². The first-order valence-electron chi connectivity index (χ1n) is 8.09. The fraction of sp³-hybridized carbons (Fsp3) is 0.333. The Morgan fingerprint density at radius 2 is 2.04 bits per heavy atom. The Morgan fingerprint density at radius 3 is 2.71 bits per heavy atom. The third-order valence-electron chi connectivity index (χ3n) is 4.34. The van der Waals surface area contributed by atoms with Crippen molar-refractivity contribution in [2.24, 2.45) is 5.73 Å². The molecule has 3 rings (SSSR count). The van der Waals surface area contributed by atoms with Crippen LogP contribution in [-0.2, 0) is 4.79 Å². The molecule has 1 aromatic heterocycles. The lowest BCUT2D eigenvalue weighted by atomic mass is 10.0. The van der Waals surface area contributed by atoms with Crippen LogP contribution in [0.3, 0.4) is 0 Å². The Balaban J connectivity index is 1.74. The van der Waals surface area contributed by atoms with E-state index in [0.29, 0.717) is 0 Å². The van der Waals surface area contributed by atoms with Crippen molar-refractivity contribution in [1.29, 1.82) is 0 Å². The molecule has 0 aliphatic carbocycles. The number of benzene rings is 1. The summed E-state index contributed by atoms with van der Waals surface area (Å²) in [6.07, 6.45) is 2.22. The van der Waals surface area contributed by atoms with Gasteiger partial charge in [0.1, 0.15) is 0 Å². The number of carbonyl (C=O) groups is 2. The molecule has 0 saturated carbocycles. The minimum atomic E-state index is -0.618. The van der Waals surface area contributed by atoms with Gasteiger partial charge in [0.25, 0.3) is 0 Å². The van der Waals surface area contributed by atoms with Gasteiger partial charge in [-0.3, -0.25) is 4.79 Å². The minimum absolute atomic E-state index is 0.0495. The van der Waals surface area contributed by atoms with Gasteiger partial charge in [-0.2, -0.15) is 0 Å². The quantitative estimate of drug-likeness (QED) is 0.875. The van der Waals surface area contributed by atoms with Gasteiger partial charge < -0.3 is 16.0 Å². The second kappa shape index (κ2) is 7.49. The number of amides is 3. The summed E-state index contributed by atoms with van der Waals surface area (Å²) < 4.78 is 0. The number of carbonyl (C=O) groups excluding carboxylic acids is 2. The van der Waals surface area contributed by atoms with E-state index in [-0.39, 0.29) is 18.4 Å². The van der Waals surface area contributed by atoms with Gasteiger partial charge in [-0.25, -0.2) is 4.79 Å². The summed E-state index contributed by atoms with van der Waals surface area (Å²) in [6, 6.07) is 12.7. The van der Waals surface area contributed by atoms with Crippen molar-refractivity contribution < 1.29 is 9.59 Å². The normalized spacial score (nSPS) is 18.3. The third-order valence-corrected chi connectivity index (χ3v) is 5.32. The summed E-state index contributed by atoms with van der Waals surface area (Å²) >= 11 is 1.68. The average molecular weight is 343 g/mol. The molecule has 2 atom stereocenters. The highest BCUT2D eigenvalue weighted by Crippen LogP contribution is 2.35. The maximum Gasteiger partial charge on any atom is 0.312 e. The zero-order valence-electron chi connectivity index (χ0n) is 13.4. The van der Waals surface area contributed by atoms with E-state index in [1.165, 1.54) is 4.88 Å². The molecule has 2 aromatic rings. The smallest absolute Gasteiger partial charge is 0.312 e. The summed E-state index contributed by atoms with van der Waals surface area (Å²) in [4.78, 5) is 27.3. The number of nitrogens with one attached hydrogen (secondary N) is 1. The van der Waals surface area contributed by atoms with Gasteiger partial charge >= 0.3 is 6.03 Å². The second-order valence-electron chi connectivity index (χ2n) is 5.94. The molecule has 0 radical (unpaired) electrons. The molecule has 1 aromatic carbocycles. The van der Waals surface area contributed by atoms with Crippen LogP contribution in [0.25, 0.3) is 0 Å². The lowest BCUT2D eigenvalue weighted by molar-refractivity contribution is -0.132. The first kappa shape index (κ1) is 16.5. The highest BCUT2D eigenvalue weighted by molar-refractivity contribution is 7.10. The highest BCUT2D eigenvalue weighted by Gasteiger charge is 2.32. The molecule has 2 heterocycles. The highest BCUT2D eigenvalue weighted by atomic mass is 32.1. The van der Waals surface area contributed by atoms with Gasteiger partial charge in [0.2, 0.25) is 5.91 Å². The van der Waals surface area contributed by atoms with Gasteiger partial charge in [0, 0.05) is 11.4 Å². The van der Waals surface area contributed by atoms with Gasteiger partial charge in [0.05, 0.1) is 18.5 Å². The molecule has 126 valence electrons. The predicted molar refractivity (Wildman–Crippen MR) is 94.5 cm³/mol. The van der Waals surface area contributed by atoms with E-state index < -0.39 is 12.1 Å². The van der Waals surface area contributed by atoms with Crippen LogP contribution in [0.5, 0.6) is 0 Å². The number of hydrogen-bond acceptors (Lipinski definition) is 3. The molecule has 1 aliphatic heterocycles. The van der Waals surface area contributed by atoms with E-state index in [4.69, 9.17) is 5.73 Å². The summed E-state index contributed by atoms with van der Waals surface area (Å²) in [6.45, 7) is 0.763. The maximum atomic E-state index is 12.9. The molecule has 1 aliphatic rings. The Labute approximate surface area is 145 Å². The topological polar surface area (TPSA) is 75.4 Å². The first-order valence-corrected chi connectivity index (χ1v) is 8.97. The number of nitrogens with two attached hydrogens (primary N) is 1. The van der Waals surface area contributed by atoms with Crippen LogP contribution in [0.15, 0.2) is 47.8 Å². The Bertz CT molecular complexity index is 688. The van der Waals surface area contributed by atoms with E-state index >= 15 is 0 Å². The maximum absolute atomic E-state index is 12.9. The fourth-order valence-electron chi connectivity index (χ4n) is 3.24. The first-order chi connectivity index (χ1) is 11.6. The van der Waals surface area contributed by atoms with Gasteiger partial charge in [-0.1, -0.05) is 36.4 Å². The standard InChI is InChI=1S/C18H21N3O2S/c19-18(23)20-14(13-6-2-1-3-7-13)12-17(22)21-10-4-8-15(21)16-9-5-11-24-16/h1-3,5-7,9,11,14-15H,4,8,10,12H2,(H3,19,20,23)/t14-,15+/m0/s1. The van der Waals surface area contributed by atoms with Crippen molar-refractivity contribution in [3.63, 3.8) is 0 Å². The third kappa shape index (κ3) is 3.76. The Kier molecular flexibility index (Phi) is 5.15. The Morgan fingerprint density at radius 1 is 1.25 bits per heavy atom. The lowest BCUT2D eigenvalue weighted by Gasteiger charge is -2.26. The predicted octanol–water partition coefficient (Wildman–Crippen LogP) is 3.21. The average Bonchev–Trinajstić information content (AvgIpc) is 3.25. The monoisotopic (exact) mass is 343 g/mol. The van der Waals surface area contributed by atoms with Crippen LogP contribution in [0.4, 0.5) is 4.79 Å². The molecule has 0 spiro atoms. The summed E-state index contributed by atoms with van der Waals surface area (Å²) in [5, 5.41) is 4.73. The van der Waals surface area contributed by atoms with Crippen LogP contribution >= 0.6 is 11.3 Å². The molecule has 1 saturated heterocycles. The van der Waals surface area contributed by atoms with Crippen LogP contribution in [0, 0.1) is 0 Å². The minimum Gasteiger partial charge on any atom is -0.352 e. The number of hydrogen-bond donors (Lipinski definition) is 2. The molecule has 0 bridgehead atoms. The summed E-state index contributed by atoms with van der Waals surface area (Å²) in [5.41, 5.74) is 6.18. The number of nitrogens with zero attached hydrogens (tertiary/aromatic N) is 1. The van der Waals surface area contributed by atoms with E-state index in [1.807, 2.05) is 46.7 Å². The molecular weight excluding hydrogens is 322 g/mol. The largest absolute Gasteiger partial charge is 0.352 e. The van der Waals surface area contributed by atoms with Crippen molar-refractivity contribution in [3.8, 4) is 0 Å². The zero-order valence-corrected chi connectivity index (χ0v) is 14.2. The number of rotatable bonds is 5. The molecular formula is C18H21N3O2S. The molecule has 3 N–H and O–H groups in total. The van der Waals surface area contributed by atoms with Gasteiger partial charge in [-0.05, 0) is 29.9 Å². The second-order valence-corrected chi connectivity index (χ2v) is 6.92. The summed E-state index contributed by atoms with van der Waals surface area (Å²) in [5.74, 6) is 0.0495. The van der Waals surface area contributed by atoms with Crippen molar-refractivity contribution >= 4 is 23.3 Å². The molecule has 1 fully saturated rings. The SMILES string of the molecule is NC(=O)N[C@@H](CC(=O)N1CCC[C@@H]1c1cccs1)c1ccccc1. The van der Waals surface area contributed by atoms with E-state index in [9.17, 15) is 9.59 Å². The summed E-state index contributed by atoms with van der Waals surface area (Å²) in [7, 11) is 0. The molecule has 3 amide bonds. The van der Waals surface area contributed by atoms with Crippen LogP contribution < -0.4 is 11.1 Å². The van der Waals surface area contributed by atoms with Crippen LogP contribution in [-0.4, -0.2) is 23.4 Å². The lowest BCUT2D eigenvalue weighted by Crippen LogP contribution is -2.38. The number of urea groups is 1. The number of thiophene rings is 1. The van der Waals surface area contributed by atoms with Crippen molar-refractivity contribution in [3.05, 3.63) is 58.3 Å². The van der Waals surface area contributed by atoms with Crippen molar-refractivity contribution in [1.82, 2.24) is 10.2 Å².